The summed E-state index contributed by atoms with van der Waals surface area (Å²) in [6, 6.07) is 10.8. The Labute approximate surface area is 281 Å². The van der Waals surface area contributed by atoms with E-state index >= 15 is 0 Å². The fourth-order valence-electron chi connectivity index (χ4n) is 5.77. The molecular formula is C33H37F7N2O6S. The second kappa shape index (κ2) is 17.2. The lowest BCUT2D eigenvalue weighted by molar-refractivity contribution is -0.392. The van der Waals surface area contributed by atoms with E-state index < -0.39 is 40.9 Å². The van der Waals surface area contributed by atoms with E-state index in [2.05, 4.69) is 9.89 Å². The maximum Gasteiger partial charge on any atom is 0.430 e. The predicted octanol–water partition coefficient (Wildman–Crippen LogP) is 7.64. The Morgan fingerprint density at radius 1 is 0.980 bits per heavy atom. The maximum atomic E-state index is 13.5. The van der Waals surface area contributed by atoms with E-state index in [1.165, 1.54) is 38.5 Å². The monoisotopic (exact) mass is 722 g/mol. The summed E-state index contributed by atoms with van der Waals surface area (Å²) < 4.78 is 116. The number of carbonyl (C=O) groups is 2. The third kappa shape index (κ3) is 9.68. The van der Waals surface area contributed by atoms with Gasteiger partial charge in [0.05, 0.1) is 28.4 Å². The summed E-state index contributed by atoms with van der Waals surface area (Å²) in [4.78, 5) is 23.4. The van der Waals surface area contributed by atoms with Crippen molar-refractivity contribution in [1.82, 2.24) is 10.1 Å². The Kier molecular flexibility index (Phi) is 13.9. The molecule has 2 fully saturated rings. The molecule has 0 radical (unpaired) electrons. The summed E-state index contributed by atoms with van der Waals surface area (Å²) in [5.74, 6) is 0.199. The van der Waals surface area contributed by atoms with Gasteiger partial charge in [0.2, 0.25) is 5.91 Å². The molecule has 1 saturated heterocycles. The Balaban J connectivity index is 0.000000246. The number of hydrogen-bond acceptors (Lipinski definition) is 6. The zero-order valence-corrected chi connectivity index (χ0v) is 27.5. The first-order valence-corrected chi connectivity index (χ1v) is 16.6. The number of rotatable bonds is 7. The number of nitrogens with zero attached hydrogens (tertiary/aromatic N) is 2. The molecular weight excluding hydrogens is 685 g/mol. The summed E-state index contributed by atoms with van der Waals surface area (Å²) in [5, 5.41) is 10.4. The zero-order valence-electron chi connectivity index (χ0n) is 26.7. The highest BCUT2D eigenvalue weighted by Gasteiger charge is 2.73. The van der Waals surface area contributed by atoms with Crippen molar-refractivity contribution in [2.24, 2.45) is 5.92 Å². The van der Waals surface area contributed by atoms with Gasteiger partial charge in [0.15, 0.2) is 0 Å². The largest absolute Gasteiger partial charge is 0.483 e. The number of likely N-dealkylation sites (tertiary alicyclic amines) is 1. The number of alkyl halides is 6. The van der Waals surface area contributed by atoms with E-state index in [1.807, 2.05) is 4.90 Å². The molecule has 1 amide bonds. The molecule has 2 unspecified atom stereocenters. The molecule has 8 nitrogen and oxygen atoms in total. The van der Waals surface area contributed by atoms with Crippen molar-refractivity contribution in [3.8, 4) is 0 Å². The highest BCUT2D eigenvalue weighted by Crippen LogP contribution is 2.53. The topological polar surface area (TPSA) is 110 Å². The van der Waals surface area contributed by atoms with Gasteiger partial charge in [-0.1, -0.05) is 54.8 Å². The summed E-state index contributed by atoms with van der Waals surface area (Å²) in [6.45, 7) is 2.85. The SMILES string of the molecule is Cc1noc(C)c1COC(c1ccccc1)(C(F)(F)F)C(F)(F)F.O=C(C1CCCCC1)N1CCC(S(=O)c2ccc(F)cc2)C1.O=CO. The molecule has 1 aliphatic carbocycles. The van der Waals surface area contributed by atoms with Crippen LogP contribution in [-0.4, -0.2) is 62.4 Å². The minimum atomic E-state index is -5.72. The van der Waals surface area contributed by atoms with Gasteiger partial charge in [-0.2, -0.15) is 26.3 Å². The number of halogens is 7. The van der Waals surface area contributed by atoms with Crippen molar-refractivity contribution in [2.75, 3.05) is 13.1 Å². The van der Waals surface area contributed by atoms with Crippen LogP contribution >= 0.6 is 0 Å². The second-order valence-electron chi connectivity index (χ2n) is 11.5. The van der Waals surface area contributed by atoms with Crippen LogP contribution in [0.1, 0.15) is 61.1 Å². The van der Waals surface area contributed by atoms with Crippen LogP contribution in [0.15, 0.2) is 64.0 Å². The molecule has 1 aromatic heterocycles. The molecule has 49 heavy (non-hydrogen) atoms. The molecule has 1 aliphatic heterocycles. The number of carbonyl (C=O) groups excluding carboxylic acids is 1. The Morgan fingerprint density at radius 3 is 2.06 bits per heavy atom. The van der Waals surface area contributed by atoms with Gasteiger partial charge in [0.1, 0.15) is 11.6 Å². The van der Waals surface area contributed by atoms with E-state index in [1.54, 1.807) is 12.1 Å². The third-order valence-electron chi connectivity index (χ3n) is 8.35. The van der Waals surface area contributed by atoms with Gasteiger partial charge in [0, 0.05) is 35.0 Å². The highest BCUT2D eigenvalue weighted by atomic mass is 32.2. The number of hydrogen-bond donors (Lipinski definition) is 1. The molecule has 2 aromatic carbocycles. The Morgan fingerprint density at radius 2 is 1.55 bits per heavy atom. The molecule has 2 atom stereocenters. The fraction of sp³-hybridized carbons (Fsp3) is 0.485. The quantitative estimate of drug-likeness (QED) is 0.197. The molecule has 1 N–H and O–H groups in total. The van der Waals surface area contributed by atoms with Crippen molar-refractivity contribution in [3.63, 3.8) is 0 Å². The number of aromatic nitrogens is 1. The number of aryl methyl sites for hydroxylation is 2. The normalized spacial score (nSPS) is 17.7. The van der Waals surface area contributed by atoms with Crippen molar-refractivity contribution in [2.45, 2.75) is 87.1 Å². The first-order chi connectivity index (χ1) is 23.1. The zero-order chi connectivity index (χ0) is 36.4. The summed E-state index contributed by atoms with van der Waals surface area (Å²) in [5.41, 5.74) is -5.28. The van der Waals surface area contributed by atoms with Crippen molar-refractivity contribution in [1.29, 1.82) is 0 Å². The van der Waals surface area contributed by atoms with Crippen molar-refractivity contribution in [3.05, 3.63) is 83.0 Å². The summed E-state index contributed by atoms with van der Waals surface area (Å²) in [6.07, 6.45) is -5.13. The molecule has 5 rings (SSSR count). The minimum Gasteiger partial charge on any atom is -0.483 e. The lowest BCUT2D eigenvalue weighted by atomic mass is 9.88. The first-order valence-electron chi connectivity index (χ1n) is 15.3. The van der Waals surface area contributed by atoms with Crippen LogP contribution in [-0.2, 0) is 37.3 Å². The van der Waals surface area contributed by atoms with E-state index in [0.29, 0.717) is 18.0 Å². The van der Waals surface area contributed by atoms with Crippen molar-refractivity contribution >= 4 is 23.2 Å². The standard InChI is InChI=1S/C17H22FNO2S.C15H13F6NO2.CH2O2/c18-14-6-8-15(9-7-14)22(21)16-10-11-19(12-16)17(20)13-4-2-1-3-5-13;1-9-12(10(2)24-22-9)8-23-13(14(16,17)18,15(19,20)21)11-6-4-3-5-7-11;2-1-3/h6-9,13,16H,1-5,10-12H2;3-7H,8H2,1-2H3;1H,(H,2,3). The lowest BCUT2D eigenvalue weighted by Gasteiger charge is -2.37. The van der Waals surface area contributed by atoms with Crippen LogP contribution < -0.4 is 0 Å². The van der Waals surface area contributed by atoms with Crippen LogP contribution in [0.5, 0.6) is 0 Å². The molecule has 2 aliphatic rings. The Bertz CT molecular complexity index is 1490. The molecule has 1 saturated carbocycles. The minimum absolute atomic E-state index is 0.0296. The van der Waals surface area contributed by atoms with Crippen LogP contribution in [0.3, 0.4) is 0 Å². The maximum absolute atomic E-state index is 13.5. The van der Waals surface area contributed by atoms with Crippen LogP contribution in [0.4, 0.5) is 30.7 Å². The molecule has 270 valence electrons. The van der Waals surface area contributed by atoms with Crippen LogP contribution in [0, 0.1) is 25.6 Å². The van der Waals surface area contributed by atoms with Gasteiger partial charge in [-0.15, -0.1) is 0 Å². The van der Waals surface area contributed by atoms with Crippen LogP contribution in [0.25, 0.3) is 0 Å². The smallest absolute Gasteiger partial charge is 0.430 e. The average Bonchev–Trinajstić information content (AvgIpc) is 3.68. The summed E-state index contributed by atoms with van der Waals surface area (Å²) in [7, 11) is -1.17. The van der Waals surface area contributed by atoms with Gasteiger partial charge < -0.3 is 19.3 Å². The van der Waals surface area contributed by atoms with E-state index in [0.717, 1.165) is 56.4 Å². The number of carboxylic acid groups (broad SMARTS) is 1. The average molecular weight is 723 g/mol. The molecule has 16 heteroatoms. The number of ether oxygens (including phenoxy) is 1. The fourth-order valence-corrected chi connectivity index (χ4v) is 7.19. The molecule has 3 aromatic rings. The highest BCUT2D eigenvalue weighted by molar-refractivity contribution is 7.85. The van der Waals surface area contributed by atoms with E-state index in [9.17, 15) is 39.7 Å². The van der Waals surface area contributed by atoms with Gasteiger partial charge in [-0.25, -0.2) is 4.39 Å². The van der Waals surface area contributed by atoms with Gasteiger partial charge >= 0.3 is 12.4 Å². The van der Waals surface area contributed by atoms with Gasteiger partial charge in [-0.05, 0) is 57.4 Å². The summed E-state index contributed by atoms with van der Waals surface area (Å²) >= 11 is 0. The van der Waals surface area contributed by atoms with Gasteiger partial charge in [0.25, 0.3) is 12.1 Å². The lowest BCUT2D eigenvalue weighted by Crippen LogP contribution is -2.55. The van der Waals surface area contributed by atoms with E-state index in [-0.39, 0.29) is 46.4 Å². The second-order valence-corrected chi connectivity index (χ2v) is 13.3. The van der Waals surface area contributed by atoms with Crippen LogP contribution in [0.2, 0.25) is 0 Å². The van der Waals surface area contributed by atoms with E-state index in [4.69, 9.17) is 14.4 Å². The molecule has 2 heterocycles. The predicted molar refractivity (Wildman–Crippen MR) is 164 cm³/mol. The number of benzene rings is 2. The molecule has 0 bridgehead atoms. The van der Waals surface area contributed by atoms with Gasteiger partial charge in [-0.3, -0.25) is 13.8 Å². The number of amides is 1. The van der Waals surface area contributed by atoms with Crippen molar-refractivity contribution < 1.29 is 58.9 Å². The Hall–Kier alpha value is -3.79. The first kappa shape index (κ1) is 39.6. The third-order valence-corrected chi connectivity index (χ3v) is 10.1. The molecule has 0 spiro atoms.